The summed E-state index contributed by atoms with van der Waals surface area (Å²) in [5.41, 5.74) is 3.00. The Morgan fingerprint density at radius 2 is 1.93 bits per heavy atom. The Labute approximate surface area is 165 Å². The predicted octanol–water partition coefficient (Wildman–Crippen LogP) is 2.62. The van der Waals surface area contributed by atoms with E-state index in [1.807, 2.05) is 57.2 Å². The number of hydrogen-bond acceptors (Lipinski definition) is 5. The van der Waals surface area contributed by atoms with Crippen molar-refractivity contribution in [2.75, 3.05) is 19.8 Å². The molecule has 0 aliphatic carbocycles. The van der Waals surface area contributed by atoms with Crippen molar-refractivity contribution >= 4 is 28.8 Å². The van der Waals surface area contributed by atoms with E-state index in [0.29, 0.717) is 31.9 Å². The van der Waals surface area contributed by atoms with E-state index in [4.69, 9.17) is 9.47 Å². The van der Waals surface area contributed by atoms with Crippen LogP contribution in [0.4, 0.5) is 0 Å². The summed E-state index contributed by atoms with van der Waals surface area (Å²) in [5.74, 6) is -0.891. The molecule has 28 heavy (non-hydrogen) atoms. The minimum Gasteiger partial charge on any atom is -0.493 e. The number of carbonyl (C=O) groups excluding carboxylic acids is 2. The number of benzene rings is 2. The predicted molar refractivity (Wildman–Crippen MR) is 110 cm³/mol. The third kappa shape index (κ3) is 6.35. The van der Waals surface area contributed by atoms with Gasteiger partial charge in [0.05, 0.1) is 18.9 Å². The number of fused-ring (bicyclic) bond motifs is 1. The second-order valence-electron chi connectivity index (χ2n) is 6.36. The summed E-state index contributed by atoms with van der Waals surface area (Å²) in [6.07, 6.45) is 2.27. The van der Waals surface area contributed by atoms with E-state index in [1.54, 1.807) is 0 Å². The van der Waals surface area contributed by atoms with Gasteiger partial charge in [0.25, 0.3) is 0 Å². The van der Waals surface area contributed by atoms with E-state index in [1.165, 1.54) is 6.21 Å². The third-order valence-corrected chi connectivity index (χ3v) is 3.85. The van der Waals surface area contributed by atoms with Crippen molar-refractivity contribution in [3.05, 3.63) is 42.0 Å². The number of rotatable bonds is 9. The molecule has 0 atom stereocenters. The van der Waals surface area contributed by atoms with Crippen LogP contribution in [0.15, 0.2) is 41.5 Å². The van der Waals surface area contributed by atoms with Crippen LogP contribution >= 0.6 is 0 Å². The summed E-state index contributed by atoms with van der Waals surface area (Å²) in [5, 5.41) is 8.44. The van der Waals surface area contributed by atoms with E-state index >= 15 is 0 Å². The SMILES string of the molecule is CCOc1ccc2ccccc2c1/C=N\NC(=O)C(=O)NCCCOC(C)C. The van der Waals surface area contributed by atoms with Crippen molar-refractivity contribution in [2.45, 2.75) is 33.3 Å². The molecule has 0 aliphatic rings. The molecule has 0 saturated carbocycles. The molecule has 0 saturated heterocycles. The van der Waals surface area contributed by atoms with Crippen LogP contribution in [0.25, 0.3) is 10.8 Å². The van der Waals surface area contributed by atoms with E-state index in [-0.39, 0.29) is 6.10 Å². The van der Waals surface area contributed by atoms with Gasteiger partial charge in [-0.25, -0.2) is 5.43 Å². The lowest BCUT2D eigenvalue weighted by atomic mass is 10.0. The molecule has 2 rings (SSSR count). The maximum atomic E-state index is 11.9. The smallest absolute Gasteiger partial charge is 0.329 e. The molecule has 7 heteroatoms. The van der Waals surface area contributed by atoms with Gasteiger partial charge in [-0.2, -0.15) is 5.10 Å². The first-order valence-electron chi connectivity index (χ1n) is 9.40. The zero-order chi connectivity index (χ0) is 20.4. The Hall–Kier alpha value is -2.93. The summed E-state index contributed by atoms with van der Waals surface area (Å²) >= 11 is 0. The average Bonchev–Trinajstić information content (AvgIpc) is 2.68. The summed E-state index contributed by atoms with van der Waals surface area (Å²) in [6.45, 7) is 7.18. The zero-order valence-electron chi connectivity index (χ0n) is 16.5. The number of nitrogens with zero attached hydrogens (tertiary/aromatic N) is 1. The number of carbonyl (C=O) groups is 2. The molecule has 2 amide bonds. The number of hydrazone groups is 1. The van der Waals surface area contributed by atoms with Gasteiger partial charge < -0.3 is 14.8 Å². The Kier molecular flexibility index (Phi) is 8.42. The van der Waals surface area contributed by atoms with E-state index in [2.05, 4.69) is 15.8 Å². The highest BCUT2D eigenvalue weighted by atomic mass is 16.5. The van der Waals surface area contributed by atoms with Gasteiger partial charge in [-0.1, -0.05) is 30.3 Å². The van der Waals surface area contributed by atoms with Gasteiger partial charge in [0.15, 0.2) is 0 Å². The van der Waals surface area contributed by atoms with Crippen LogP contribution in [0.5, 0.6) is 5.75 Å². The minimum atomic E-state index is -0.820. The first kappa shape index (κ1) is 21.4. The Morgan fingerprint density at radius 1 is 1.14 bits per heavy atom. The molecule has 0 bridgehead atoms. The summed E-state index contributed by atoms with van der Waals surface area (Å²) in [7, 11) is 0. The molecule has 0 heterocycles. The first-order chi connectivity index (χ1) is 13.5. The third-order valence-electron chi connectivity index (χ3n) is 3.85. The molecular weight excluding hydrogens is 358 g/mol. The topological polar surface area (TPSA) is 89.0 Å². The van der Waals surface area contributed by atoms with Gasteiger partial charge in [-0.3, -0.25) is 9.59 Å². The zero-order valence-corrected chi connectivity index (χ0v) is 16.5. The molecule has 0 aromatic heterocycles. The maximum Gasteiger partial charge on any atom is 0.329 e. The minimum absolute atomic E-state index is 0.143. The molecule has 0 spiro atoms. The average molecular weight is 385 g/mol. The molecule has 2 aromatic carbocycles. The molecule has 7 nitrogen and oxygen atoms in total. The molecule has 2 aromatic rings. The largest absolute Gasteiger partial charge is 0.493 e. The highest BCUT2D eigenvalue weighted by Crippen LogP contribution is 2.26. The van der Waals surface area contributed by atoms with Gasteiger partial charge in [0.1, 0.15) is 5.75 Å². The first-order valence-corrected chi connectivity index (χ1v) is 9.40. The lowest BCUT2D eigenvalue weighted by Gasteiger charge is -2.10. The quantitative estimate of drug-likeness (QED) is 0.301. The van der Waals surface area contributed by atoms with E-state index in [9.17, 15) is 9.59 Å². The van der Waals surface area contributed by atoms with Gasteiger partial charge in [0, 0.05) is 18.7 Å². The maximum absolute atomic E-state index is 11.9. The van der Waals surface area contributed by atoms with Crippen molar-refractivity contribution in [2.24, 2.45) is 5.10 Å². The lowest BCUT2D eigenvalue weighted by molar-refractivity contribution is -0.139. The van der Waals surface area contributed by atoms with E-state index in [0.717, 1.165) is 16.3 Å². The van der Waals surface area contributed by atoms with Crippen molar-refractivity contribution in [3.8, 4) is 5.75 Å². The summed E-state index contributed by atoms with van der Waals surface area (Å²) in [6, 6.07) is 11.6. The number of nitrogens with one attached hydrogen (secondary N) is 2. The van der Waals surface area contributed by atoms with Crippen LogP contribution < -0.4 is 15.5 Å². The standard InChI is InChI=1S/C21H27N3O4/c1-4-27-19-11-10-16-8-5-6-9-17(16)18(19)14-23-24-21(26)20(25)22-12-7-13-28-15(2)3/h5-6,8-11,14-15H,4,7,12-13H2,1-3H3,(H,22,25)(H,24,26)/b23-14-. The van der Waals surface area contributed by atoms with Crippen molar-refractivity contribution in [1.29, 1.82) is 0 Å². The van der Waals surface area contributed by atoms with Crippen LogP contribution in [-0.2, 0) is 14.3 Å². The fraction of sp³-hybridized carbons (Fsp3) is 0.381. The van der Waals surface area contributed by atoms with E-state index < -0.39 is 11.8 Å². The van der Waals surface area contributed by atoms with Crippen molar-refractivity contribution in [3.63, 3.8) is 0 Å². The molecule has 0 fully saturated rings. The van der Waals surface area contributed by atoms with Crippen LogP contribution in [0.1, 0.15) is 32.8 Å². The molecular formula is C21H27N3O4. The highest BCUT2D eigenvalue weighted by Gasteiger charge is 2.12. The van der Waals surface area contributed by atoms with Gasteiger partial charge >= 0.3 is 11.8 Å². The summed E-state index contributed by atoms with van der Waals surface area (Å²) in [4.78, 5) is 23.7. The molecule has 0 aliphatic heterocycles. The van der Waals surface area contributed by atoms with Gasteiger partial charge in [0.2, 0.25) is 0 Å². The molecule has 150 valence electrons. The van der Waals surface area contributed by atoms with Crippen LogP contribution in [-0.4, -0.2) is 43.9 Å². The Balaban J connectivity index is 1.95. The number of amides is 2. The van der Waals surface area contributed by atoms with Crippen molar-refractivity contribution in [1.82, 2.24) is 10.7 Å². The molecule has 0 radical (unpaired) electrons. The second-order valence-corrected chi connectivity index (χ2v) is 6.36. The lowest BCUT2D eigenvalue weighted by Crippen LogP contribution is -2.38. The Morgan fingerprint density at radius 3 is 2.68 bits per heavy atom. The number of ether oxygens (including phenoxy) is 2. The van der Waals surface area contributed by atoms with Crippen molar-refractivity contribution < 1.29 is 19.1 Å². The molecule has 0 unspecified atom stereocenters. The van der Waals surface area contributed by atoms with Crippen LogP contribution in [0, 0.1) is 0 Å². The van der Waals surface area contributed by atoms with Gasteiger partial charge in [-0.15, -0.1) is 0 Å². The second kappa shape index (κ2) is 11.0. The fourth-order valence-electron chi connectivity index (χ4n) is 2.57. The monoisotopic (exact) mass is 385 g/mol. The number of hydrogen-bond donors (Lipinski definition) is 2. The fourth-order valence-corrected chi connectivity index (χ4v) is 2.57. The molecule has 2 N–H and O–H groups in total. The van der Waals surface area contributed by atoms with Crippen LogP contribution in [0.2, 0.25) is 0 Å². The van der Waals surface area contributed by atoms with Crippen LogP contribution in [0.3, 0.4) is 0 Å². The summed E-state index contributed by atoms with van der Waals surface area (Å²) < 4.78 is 11.0. The van der Waals surface area contributed by atoms with Gasteiger partial charge in [-0.05, 0) is 44.0 Å². The highest BCUT2D eigenvalue weighted by molar-refractivity contribution is 6.35. The normalized spacial score (nSPS) is 11.1. The Bertz CT molecular complexity index is 834.